The van der Waals surface area contributed by atoms with Crippen LogP contribution >= 0.6 is 0 Å². The second kappa shape index (κ2) is 6.83. The van der Waals surface area contributed by atoms with Crippen molar-refractivity contribution in [1.82, 2.24) is 0 Å². The van der Waals surface area contributed by atoms with Gasteiger partial charge in [-0.15, -0.1) is 0 Å². The molecule has 3 rings (SSSR count). The van der Waals surface area contributed by atoms with E-state index in [1.165, 1.54) is 16.8 Å². The molecule has 0 aliphatic heterocycles. The second-order valence-electron chi connectivity index (χ2n) is 7.97. The monoisotopic (exact) mass is 339 g/mol. The lowest BCUT2D eigenvalue weighted by molar-refractivity contribution is 0.274. The minimum atomic E-state index is -2.36. The summed E-state index contributed by atoms with van der Waals surface area (Å²) >= 11 is 0. The van der Waals surface area contributed by atoms with Crippen molar-refractivity contribution in [2.75, 3.05) is 13.2 Å². The molecule has 2 nitrogen and oxygen atoms in total. The summed E-state index contributed by atoms with van der Waals surface area (Å²) in [7, 11) is -2.36. The van der Waals surface area contributed by atoms with Gasteiger partial charge in [0.1, 0.15) is 0 Å². The molecule has 3 heteroatoms. The number of hydrogen-bond donors (Lipinski definition) is 1. The summed E-state index contributed by atoms with van der Waals surface area (Å²) in [5.41, 5.74) is 5.83. The van der Waals surface area contributed by atoms with Crippen molar-refractivity contribution >= 4 is 18.7 Å². The number of benzene rings is 2. The molecular weight excluding hydrogens is 310 g/mol. The van der Waals surface area contributed by atoms with Crippen molar-refractivity contribution in [3.05, 3.63) is 60.7 Å². The zero-order chi connectivity index (χ0) is 17.2. The van der Waals surface area contributed by atoms with Crippen LogP contribution in [0.1, 0.15) is 27.2 Å². The molecule has 0 amide bonds. The predicted octanol–water partition coefficient (Wildman–Crippen LogP) is 3.16. The van der Waals surface area contributed by atoms with E-state index in [2.05, 4.69) is 81.4 Å². The summed E-state index contributed by atoms with van der Waals surface area (Å²) in [6.07, 6.45) is 1.22. The number of hydrogen-bond acceptors (Lipinski definition) is 2. The summed E-state index contributed by atoms with van der Waals surface area (Å²) in [4.78, 5) is 0. The number of nitrogens with two attached hydrogens (primary N) is 1. The largest absolute Gasteiger partial charge is 0.407 e. The SMILES string of the molecule is CC(C)(C)[Si](OC[C@H]1C[C@H]1CN)(c1ccccc1)c1ccccc1. The van der Waals surface area contributed by atoms with E-state index in [1.807, 2.05) is 0 Å². The molecule has 2 N–H and O–H groups in total. The molecule has 0 spiro atoms. The van der Waals surface area contributed by atoms with Gasteiger partial charge in [0.15, 0.2) is 0 Å². The van der Waals surface area contributed by atoms with Crippen LogP contribution in [0.25, 0.3) is 0 Å². The second-order valence-corrected chi connectivity index (χ2v) is 12.3. The van der Waals surface area contributed by atoms with E-state index in [4.69, 9.17) is 10.2 Å². The highest BCUT2D eigenvalue weighted by Gasteiger charge is 2.51. The Morgan fingerprint density at radius 1 is 0.917 bits per heavy atom. The Morgan fingerprint density at radius 3 is 1.79 bits per heavy atom. The van der Waals surface area contributed by atoms with Crippen LogP contribution in [0.4, 0.5) is 0 Å². The van der Waals surface area contributed by atoms with E-state index >= 15 is 0 Å². The normalized spacial score (nSPS) is 20.8. The number of rotatable bonds is 6. The first-order valence-electron chi connectivity index (χ1n) is 8.94. The molecule has 2 aromatic carbocycles. The van der Waals surface area contributed by atoms with Crippen molar-refractivity contribution in [2.45, 2.75) is 32.2 Å². The summed E-state index contributed by atoms with van der Waals surface area (Å²) < 4.78 is 6.91. The molecule has 0 saturated heterocycles. The molecule has 0 aromatic heterocycles. The van der Waals surface area contributed by atoms with Gasteiger partial charge in [-0.25, -0.2) is 0 Å². The minimum absolute atomic E-state index is 0.0583. The van der Waals surface area contributed by atoms with Crippen LogP contribution in [-0.2, 0) is 4.43 Å². The van der Waals surface area contributed by atoms with Crippen LogP contribution in [0.5, 0.6) is 0 Å². The van der Waals surface area contributed by atoms with Crippen LogP contribution in [0.3, 0.4) is 0 Å². The van der Waals surface area contributed by atoms with Gasteiger partial charge >= 0.3 is 0 Å². The van der Waals surface area contributed by atoms with Gasteiger partial charge < -0.3 is 10.2 Å². The molecule has 1 aliphatic carbocycles. The molecule has 1 fully saturated rings. The molecule has 0 bridgehead atoms. The third-order valence-electron chi connectivity index (χ3n) is 5.30. The van der Waals surface area contributed by atoms with Gasteiger partial charge in [-0.05, 0) is 40.2 Å². The fraction of sp³-hybridized carbons (Fsp3) is 0.429. The maximum Gasteiger partial charge on any atom is 0.261 e. The smallest absolute Gasteiger partial charge is 0.261 e. The van der Waals surface area contributed by atoms with Crippen LogP contribution in [0.2, 0.25) is 5.04 Å². The zero-order valence-electron chi connectivity index (χ0n) is 15.0. The highest BCUT2D eigenvalue weighted by atomic mass is 28.4. The van der Waals surface area contributed by atoms with Crippen LogP contribution in [-0.4, -0.2) is 21.5 Å². The van der Waals surface area contributed by atoms with Gasteiger partial charge in [-0.2, -0.15) is 0 Å². The van der Waals surface area contributed by atoms with Gasteiger partial charge in [0.2, 0.25) is 0 Å². The first kappa shape index (κ1) is 17.4. The van der Waals surface area contributed by atoms with E-state index in [1.54, 1.807) is 0 Å². The van der Waals surface area contributed by atoms with Gasteiger partial charge in [0.25, 0.3) is 8.32 Å². The molecule has 1 aliphatic rings. The Labute approximate surface area is 147 Å². The van der Waals surface area contributed by atoms with Crippen molar-refractivity contribution < 1.29 is 4.43 Å². The average Bonchev–Trinajstić information content (AvgIpc) is 3.35. The van der Waals surface area contributed by atoms with Gasteiger partial charge in [-0.1, -0.05) is 81.4 Å². The first-order valence-corrected chi connectivity index (χ1v) is 10.8. The highest BCUT2D eigenvalue weighted by Crippen LogP contribution is 2.41. The van der Waals surface area contributed by atoms with Crippen molar-refractivity contribution in [3.8, 4) is 0 Å². The predicted molar refractivity (Wildman–Crippen MR) is 104 cm³/mol. The Morgan fingerprint density at radius 2 is 1.42 bits per heavy atom. The van der Waals surface area contributed by atoms with Crippen LogP contribution < -0.4 is 16.1 Å². The summed E-state index contributed by atoms with van der Waals surface area (Å²) in [6, 6.07) is 21.7. The molecule has 0 unspecified atom stereocenters. The molecule has 128 valence electrons. The van der Waals surface area contributed by atoms with Gasteiger partial charge in [-0.3, -0.25) is 0 Å². The summed E-state index contributed by atoms with van der Waals surface area (Å²) in [6.45, 7) is 8.59. The van der Waals surface area contributed by atoms with Crippen molar-refractivity contribution in [3.63, 3.8) is 0 Å². The Kier molecular flexibility index (Phi) is 4.95. The molecule has 1 saturated carbocycles. The summed E-state index contributed by atoms with van der Waals surface area (Å²) in [5.74, 6) is 1.29. The quantitative estimate of drug-likeness (QED) is 0.821. The lowest BCUT2D eigenvalue weighted by atomic mass is 10.2. The lowest BCUT2D eigenvalue weighted by Crippen LogP contribution is -2.66. The van der Waals surface area contributed by atoms with Gasteiger partial charge in [0, 0.05) is 6.61 Å². The van der Waals surface area contributed by atoms with E-state index in [9.17, 15) is 0 Å². The third-order valence-corrected chi connectivity index (χ3v) is 10.3. The average molecular weight is 340 g/mol. The Bertz CT molecular complexity index is 611. The topological polar surface area (TPSA) is 35.2 Å². The highest BCUT2D eigenvalue weighted by molar-refractivity contribution is 6.99. The molecule has 24 heavy (non-hydrogen) atoms. The zero-order valence-corrected chi connectivity index (χ0v) is 16.0. The fourth-order valence-electron chi connectivity index (χ4n) is 3.80. The van der Waals surface area contributed by atoms with Crippen molar-refractivity contribution in [1.29, 1.82) is 0 Å². The van der Waals surface area contributed by atoms with E-state index in [0.717, 1.165) is 13.2 Å². The van der Waals surface area contributed by atoms with E-state index in [-0.39, 0.29) is 5.04 Å². The minimum Gasteiger partial charge on any atom is -0.407 e. The molecule has 2 aromatic rings. The summed E-state index contributed by atoms with van der Waals surface area (Å²) in [5, 5.41) is 2.77. The first-order chi connectivity index (χ1) is 11.5. The third kappa shape index (κ3) is 3.21. The van der Waals surface area contributed by atoms with E-state index in [0.29, 0.717) is 11.8 Å². The Hall–Kier alpha value is -1.42. The maximum absolute atomic E-state index is 6.91. The molecular formula is C21H29NOSi. The maximum atomic E-state index is 6.91. The fourth-order valence-corrected chi connectivity index (χ4v) is 8.42. The van der Waals surface area contributed by atoms with Crippen molar-refractivity contribution in [2.24, 2.45) is 17.6 Å². The Balaban J connectivity index is 2.04. The molecule has 0 heterocycles. The molecule has 2 atom stereocenters. The van der Waals surface area contributed by atoms with Gasteiger partial charge in [0.05, 0.1) is 0 Å². The van der Waals surface area contributed by atoms with Crippen LogP contribution in [0, 0.1) is 11.8 Å². The standard InChI is InChI=1S/C21H29NOSi/c1-21(2,3)24(19-10-6-4-7-11-19,20-12-8-5-9-13-20)23-16-18-14-17(18)15-22/h4-13,17-18H,14-16,22H2,1-3H3/t17-,18+/m0/s1. The lowest BCUT2D eigenvalue weighted by Gasteiger charge is -2.43. The molecule has 0 radical (unpaired) electrons. The van der Waals surface area contributed by atoms with E-state index < -0.39 is 8.32 Å². The van der Waals surface area contributed by atoms with Crippen LogP contribution in [0.15, 0.2) is 60.7 Å².